The van der Waals surface area contributed by atoms with Gasteiger partial charge in [0, 0.05) is 12.1 Å². The summed E-state index contributed by atoms with van der Waals surface area (Å²) in [6.45, 7) is 2.47. The van der Waals surface area contributed by atoms with Crippen molar-refractivity contribution in [3.05, 3.63) is 18.2 Å². The number of hydrogen-bond acceptors (Lipinski definition) is 5. The molecular weight excluding hydrogens is 344 g/mol. The first kappa shape index (κ1) is 17.8. The zero-order chi connectivity index (χ0) is 18.0. The highest BCUT2D eigenvalue weighted by Crippen LogP contribution is 2.35. The maximum Gasteiger partial charge on any atom is 0.243 e. The zero-order valence-corrected chi connectivity index (χ0v) is 15.3. The highest BCUT2D eigenvalue weighted by molar-refractivity contribution is 7.92. The smallest absolute Gasteiger partial charge is 0.243 e. The normalized spacial score (nSPS) is 18.6. The molecule has 0 unspecified atom stereocenters. The Morgan fingerprint density at radius 1 is 1.20 bits per heavy atom. The van der Waals surface area contributed by atoms with Crippen molar-refractivity contribution in [1.29, 1.82) is 0 Å². The van der Waals surface area contributed by atoms with Gasteiger partial charge in [-0.2, -0.15) is 0 Å². The van der Waals surface area contributed by atoms with E-state index in [4.69, 9.17) is 9.47 Å². The Morgan fingerprint density at radius 2 is 1.84 bits per heavy atom. The van der Waals surface area contributed by atoms with Crippen molar-refractivity contribution in [2.75, 3.05) is 23.8 Å². The molecule has 1 aliphatic heterocycles. The van der Waals surface area contributed by atoms with E-state index in [-0.39, 0.29) is 11.9 Å². The van der Waals surface area contributed by atoms with Crippen LogP contribution in [-0.4, -0.2) is 45.9 Å². The molecule has 1 amide bonds. The quantitative estimate of drug-likeness (QED) is 0.855. The van der Waals surface area contributed by atoms with Crippen LogP contribution in [0.3, 0.4) is 0 Å². The standard InChI is InChI=1S/C17H24N2O5S/c1-12(17(20)18-13-5-3-4-6-13)19(25(2,21)22)14-7-8-15-16(11-14)24-10-9-23-15/h7-8,11-13H,3-6,9-10H2,1-2H3,(H,18,20)/t12-/m0/s1. The Balaban J connectivity index is 1.85. The van der Waals surface area contributed by atoms with E-state index in [9.17, 15) is 13.2 Å². The molecule has 1 N–H and O–H groups in total. The van der Waals surface area contributed by atoms with Gasteiger partial charge in [-0.3, -0.25) is 9.10 Å². The third-order valence-electron chi connectivity index (χ3n) is 4.57. The summed E-state index contributed by atoms with van der Waals surface area (Å²) in [5, 5.41) is 2.96. The first-order chi connectivity index (χ1) is 11.9. The van der Waals surface area contributed by atoms with Crippen molar-refractivity contribution in [3.63, 3.8) is 0 Å². The minimum Gasteiger partial charge on any atom is -0.486 e. The van der Waals surface area contributed by atoms with Gasteiger partial charge in [0.25, 0.3) is 0 Å². The van der Waals surface area contributed by atoms with Crippen LogP contribution < -0.4 is 19.1 Å². The number of ether oxygens (including phenoxy) is 2. The van der Waals surface area contributed by atoms with Crippen molar-refractivity contribution in [1.82, 2.24) is 5.32 Å². The molecule has 1 atom stereocenters. The molecular formula is C17H24N2O5S. The number of carbonyl (C=O) groups excluding carboxylic acids is 1. The number of sulfonamides is 1. The molecule has 1 aromatic rings. The van der Waals surface area contributed by atoms with E-state index in [1.807, 2.05) is 0 Å². The predicted octanol–water partition coefficient (Wildman–Crippen LogP) is 1.67. The van der Waals surface area contributed by atoms with Gasteiger partial charge < -0.3 is 14.8 Å². The minimum absolute atomic E-state index is 0.136. The maximum atomic E-state index is 12.6. The molecule has 7 nitrogen and oxygen atoms in total. The van der Waals surface area contributed by atoms with Crippen LogP contribution >= 0.6 is 0 Å². The molecule has 1 saturated carbocycles. The van der Waals surface area contributed by atoms with Crippen molar-refractivity contribution in [2.24, 2.45) is 0 Å². The molecule has 1 aliphatic carbocycles. The number of carbonyl (C=O) groups is 1. The Bertz CT molecular complexity index is 743. The fourth-order valence-corrected chi connectivity index (χ4v) is 4.54. The molecule has 8 heteroatoms. The summed E-state index contributed by atoms with van der Waals surface area (Å²) in [6, 6.07) is 4.20. The summed E-state index contributed by atoms with van der Waals surface area (Å²) in [6.07, 6.45) is 5.18. The molecule has 3 rings (SSSR count). The second-order valence-corrected chi connectivity index (χ2v) is 8.41. The summed E-state index contributed by atoms with van der Waals surface area (Å²) in [5.74, 6) is 0.777. The third kappa shape index (κ3) is 4.00. The average Bonchev–Trinajstić information content (AvgIpc) is 3.06. The number of nitrogens with zero attached hydrogens (tertiary/aromatic N) is 1. The van der Waals surface area contributed by atoms with Crippen molar-refractivity contribution in [2.45, 2.75) is 44.7 Å². The van der Waals surface area contributed by atoms with Gasteiger partial charge in [0.05, 0.1) is 11.9 Å². The van der Waals surface area contributed by atoms with E-state index in [0.717, 1.165) is 36.2 Å². The summed E-state index contributed by atoms with van der Waals surface area (Å²) < 4.78 is 36.8. The van der Waals surface area contributed by atoms with Crippen LogP contribution in [-0.2, 0) is 14.8 Å². The highest BCUT2D eigenvalue weighted by Gasteiger charge is 2.31. The molecule has 0 bridgehead atoms. The van der Waals surface area contributed by atoms with Gasteiger partial charge in [0.15, 0.2) is 11.5 Å². The lowest BCUT2D eigenvalue weighted by atomic mass is 10.2. The maximum absolute atomic E-state index is 12.6. The fraction of sp³-hybridized carbons (Fsp3) is 0.588. The Kier molecular flexibility index (Phi) is 5.08. The van der Waals surface area contributed by atoms with Gasteiger partial charge in [-0.25, -0.2) is 8.42 Å². The van der Waals surface area contributed by atoms with Crippen molar-refractivity contribution < 1.29 is 22.7 Å². The number of rotatable bonds is 5. The Morgan fingerprint density at radius 3 is 2.48 bits per heavy atom. The van der Waals surface area contributed by atoms with Crippen LogP contribution in [0.15, 0.2) is 18.2 Å². The van der Waals surface area contributed by atoms with E-state index in [1.54, 1.807) is 25.1 Å². The molecule has 138 valence electrons. The van der Waals surface area contributed by atoms with Crippen LogP contribution in [0.5, 0.6) is 11.5 Å². The van der Waals surface area contributed by atoms with Crippen LogP contribution in [0, 0.1) is 0 Å². The second kappa shape index (κ2) is 7.11. The minimum atomic E-state index is -3.65. The first-order valence-corrected chi connectivity index (χ1v) is 10.4. The molecule has 25 heavy (non-hydrogen) atoms. The molecule has 1 fully saturated rings. The predicted molar refractivity (Wildman–Crippen MR) is 94.6 cm³/mol. The molecule has 2 aliphatic rings. The number of hydrogen-bond donors (Lipinski definition) is 1. The number of fused-ring (bicyclic) bond motifs is 1. The lowest BCUT2D eigenvalue weighted by molar-refractivity contribution is -0.122. The molecule has 1 aromatic carbocycles. The third-order valence-corrected chi connectivity index (χ3v) is 5.81. The van der Waals surface area contributed by atoms with Crippen molar-refractivity contribution >= 4 is 21.6 Å². The summed E-state index contributed by atoms with van der Waals surface area (Å²) in [7, 11) is -3.65. The number of benzene rings is 1. The average molecular weight is 368 g/mol. The number of nitrogens with one attached hydrogen (secondary N) is 1. The van der Waals surface area contributed by atoms with E-state index >= 15 is 0 Å². The van der Waals surface area contributed by atoms with Gasteiger partial charge in [-0.15, -0.1) is 0 Å². The highest BCUT2D eigenvalue weighted by atomic mass is 32.2. The van der Waals surface area contributed by atoms with Crippen LogP contribution in [0.4, 0.5) is 5.69 Å². The van der Waals surface area contributed by atoms with Crippen LogP contribution in [0.25, 0.3) is 0 Å². The first-order valence-electron chi connectivity index (χ1n) is 8.55. The lowest BCUT2D eigenvalue weighted by Gasteiger charge is -2.30. The number of amides is 1. The van der Waals surface area contributed by atoms with Crippen LogP contribution in [0.2, 0.25) is 0 Å². The van der Waals surface area contributed by atoms with Gasteiger partial charge in [-0.1, -0.05) is 12.8 Å². The molecule has 0 saturated heterocycles. The number of anilines is 1. The second-order valence-electron chi connectivity index (χ2n) is 6.55. The fourth-order valence-electron chi connectivity index (χ4n) is 3.37. The zero-order valence-electron chi connectivity index (χ0n) is 14.5. The van der Waals surface area contributed by atoms with Crippen molar-refractivity contribution in [3.8, 4) is 11.5 Å². The Hall–Kier alpha value is -1.96. The monoisotopic (exact) mass is 368 g/mol. The molecule has 0 aromatic heterocycles. The van der Waals surface area contributed by atoms with Gasteiger partial charge in [0.2, 0.25) is 15.9 Å². The van der Waals surface area contributed by atoms with E-state index in [1.165, 1.54) is 0 Å². The summed E-state index contributed by atoms with van der Waals surface area (Å²) >= 11 is 0. The van der Waals surface area contributed by atoms with E-state index in [2.05, 4.69) is 5.32 Å². The largest absolute Gasteiger partial charge is 0.486 e. The summed E-state index contributed by atoms with van der Waals surface area (Å²) in [4.78, 5) is 12.6. The molecule has 0 spiro atoms. The SMILES string of the molecule is C[C@@H](C(=O)NC1CCCC1)N(c1ccc2c(c1)OCCO2)S(C)(=O)=O. The molecule has 1 heterocycles. The topological polar surface area (TPSA) is 84.9 Å². The molecule has 0 radical (unpaired) electrons. The summed E-state index contributed by atoms with van der Waals surface area (Å²) in [5.41, 5.74) is 0.390. The lowest BCUT2D eigenvalue weighted by Crippen LogP contribution is -2.50. The van der Waals surface area contributed by atoms with Gasteiger partial charge in [-0.05, 0) is 31.9 Å². The van der Waals surface area contributed by atoms with E-state index < -0.39 is 16.1 Å². The van der Waals surface area contributed by atoms with Gasteiger partial charge >= 0.3 is 0 Å². The van der Waals surface area contributed by atoms with Crippen LogP contribution in [0.1, 0.15) is 32.6 Å². The van der Waals surface area contributed by atoms with Gasteiger partial charge in [0.1, 0.15) is 19.3 Å². The Labute approximate surface area is 148 Å². The van der Waals surface area contributed by atoms with E-state index in [0.29, 0.717) is 30.4 Å².